The summed E-state index contributed by atoms with van der Waals surface area (Å²) in [5, 5.41) is 10.7. The average molecular weight is 608 g/mol. The molecular formula is C28H25ClF3N3O5S. The van der Waals surface area contributed by atoms with E-state index in [2.05, 4.69) is 9.71 Å². The average Bonchev–Trinajstić information content (AvgIpc) is 3.60. The molecule has 2 N–H and O–H groups in total. The molecule has 2 aromatic heterocycles. The molecule has 0 aliphatic heterocycles. The normalized spacial score (nSPS) is 14.3. The third-order valence-electron chi connectivity index (χ3n) is 6.65. The van der Waals surface area contributed by atoms with Crippen molar-refractivity contribution in [1.29, 1.82) is 0 Å². The van der Waals surface area contributed by atoms with Crippen molar-refractivity contribution in [3.63, 3.8) is 0 Å². The van der Waals surface area contributed by atoms with Gasteiger partial charge in [0, 0.05) is 35.9 Å². The predicted octanol–water partition coefficient (Wildman–Crippen LogP) is 7.00. The van der Waals surface area contributed by atoms with Crippen molar-refractivity contribution < 1.29 is 35.9 Å². The number of fused-ring (bicyclic) bond motifs is 1. The number of alkyl halides is 3. The fourth-order valence-corrected chi connectivity index (χ4v) is 5.92. The number of hydrogen-bond acceptors (Lipinski definition) is 5. The van der Waals surface area contributed by atoms with Crippen LogP contribution in [0.25, 0.3) is 22.3 Å². The number of nitrogens with one attached hydrogen (secondary N) is 1. The Kier molecular flexibility index (Phi) is 7.64. The molecule has 0 bridgehead atoms. The number of carboxylic acids is 1. The molecule has 0 saturated heterocycles. The zero-order valence-electron chi connectivity index (χ0n) is 21.7. The van der Waals surface area contributed by atoms with Gasteiger partial charge in [-0.3, -0.25) is 4.72 Å². The number of benzene rings is 2. The molecular weight excluding hydrogens is 583 g/mol. The van der Waals surface area contributed by atoms with Gasteiger partial charge in [0.2, 0.25) is 10.0 Å². The second kappa shape index (κ2) is 10.9. The van der Waals surface area contributed by atoms with Gasteiger partial charge in [-0.15, -0.1) is 0 Å². The van der Waals surface area contributed by atoms with E-state index < -0.39 is 27.9 Å². The van der Waals surface area contributed by atoms with Crippen LogP contribution in [0.15, 0.2) is 59.0 Å². The minimum absolute atomic E-state index is 0.0822. The molecule has 2 heterocycles. The van der Waals surface area contributed by atoms with E-state index in [4.69, 9.17) is 16.0 Å². The Morgan fingerprint density at radius 1 is 1.24 bits per heavy atom. The van der Waals surface area contributed by atoms with Crippen LogP contribution in [-0.4, -0.2) is 41.0 Å². The monoisotopic (exact) mass is 607 g/mol. The van der Waals surface area contributed by atoms with Crippen LogP contribution in [0, 0.1) is 0 Å². The van der Waals surface area contributed by atoms with Crippen LogP contribution in [0.2, 0.25) is 5.02 Å². The van der Waals surface area contributed by atoms with Crippen molar-refractivity contribution in [2.75, 3.05) is 10.5 Å². The minimum atomic E-state index is -4.63. The van der Waals surface area contributed by atoms with E-state index in [1.807, 2.05) is 6.92 Å². The third-order valence-corrected chi connectivity index (χ3v) is 8.19. The number of hydrogen-bond donors (Lipinski definition) is 2. The number of para-hydroxylation sites is 1. The zero-order valence-corrected chi connectivity index (χ0v) is 23.3. The molecule has 1 aliphatic carbocycles. The van der Waals surface area contributed by atoms with Crippen LogP contribution in [0.4, 0.5) is 18.9 Å². The van der Waals surface area contributed by atoms with Gasteiger partial charge in [-0.25, -0.2) is 18.2 Å². The molecule has 1 fully saturated rings. The lowest BCUT2D eigenvalue weighted by Gasteiger charge is -2.10. The maximum atomic E-state index is 12.5. The Hall–Kier alpha value is -3.77. The number of carboxylic acid groups (broad SMARTS) is 1. The summed E-state index contributed by atoms with van der Waals surface area (Å²) in [5.41, 5.74) is 2.36. The number of aromatic carboxylic acids is 1. The van der Waals surface area contributed by atoms with Gasteiger partial charge in [-0.05, 0) is 42.7 Å². The van der Waals surface area contributed by atoms with Gasteiger partial charge in [0.1, 0.15) is 11.4 Å². The van der Waals surface area contributed by atoms with Crippen molar-refractivity contribution in [2.45, 2.75) is 44.8 Å². The minimum Gasteiger partial charge on any atom is -0.477 e. The SMILES string of the molecule is CCc1nc(C2CC2)c(C(=O)O)n1Cc1ccc2oc(-c3ccccc3NS(=O)(=O)CC=CC(F)(F)F)c(Cl)c2c1. The quantitative estimate of drug-likeness (QED) is 0.188. The number of imidazole rings is 1. The van der Waals surface area contributed by atoms with Crippen molar-refractivity contribution in [3.05, 3.63) is 82.4 Å². The lowest BCUT2D eigenvalue weighted by Crippen LogP contribution is -2.16. The second-order valence-corrected chi connectivity index (χ2v) is 11.9. The maximum Gasteiger partial charge on any atom is 0.409 e. The number of sulfonamides is 1. The van der Waals surface area contributed by atoms with E-state index in [-0.39, 0.29) is 40.7 Å². The Morgan fingerprint density at radius 3 is 2.63 bits per heavy atom. The van der Waals surface area contributed by atoms with Gasteiger partial charge in [0.15, 0.2) is 11.5 Å². The number of aromatic nitrogens is 2. The lowest BCUT2D eigenvalue weighted by molar-refractivity contribution is -0.0799. The number of allylic oxidation sites excluding steroid dienone is 1. The van der Waals surface area contributed by atoms with E-state index in [1.54, 1.807) is 41.0 Å². The molecule has 0 unspecified atom stereocenters. The zero-order chi connectivity index (χ0) is 29.5. The second-order valence-electron chi connectivity index (χ2n) is 9.73. The molecule has 0 atom stereocenters. The van der Waals surface area contributed by atoms with Gasteiger partial charge in [-0.1, -0.05) is 42.8 Å². The first-order valence-corrected chi connectivity index (χ1v) is 14.8. The van der Waals surface area contributed by atoms with Crippen LogP contribution in [-0.2, 0) is 23.0 Å². The molecule has 0 spiro atoms. The summed E-state index contributed by atoms with van der Waals surface area (Å²) >= 11 is 6.72. The number of nitrogens with zero attached hydrogens (tertiary/aromatic N) is 2. The number of rotatable bonds is 10. The lowest BCUT2D eigenvalue weighted by atomic mass is 10.1. The Balaban J connectivity index is 1.47. The van der Waals surface area contributed by atoms with E-state index in [1.165, 1.54) is 6.07 Å². The van der Waals surface area contributed by atoms with Crippen molar-refractivity contribution in [2.24, 2.45) is 0 Å². The standard InChI is InChI=1S/C28H25ClF3N3O5S/c1-2-22-33-24(17-9-10-17)25(27(36)37)35(22)15-16-8-11-21-19(14-16)23(29)26(40-21)18-6-3-4-7-20(18)34-41(38,39)13-5-12-28(30,31)32/h3-8,11-12,14,17,34H,2,9-10,13,15H2,1H3,(H,36,37). The molecule has 0 radical (unpaired) electrons. The first-order chi connectivity index (χ1) is 19.4. The topological polar surface area (TPSA) is 114 Å². The maximum absolute atomic E-state index is 12.5. The largest absolute Gasteiger partial charge is 0.477 e. The van der Waals surface area contributed by atoms with Gasteiger partial charge in [0.25, 0.3) is 0 Å². The highest BCUT2D eigenvalue weighted by Gasteiger charge is 2.34. The summed E-state index contributed by atoms with van der Waals surface area (Å²) < 4.78 is 72.2. The molecule has 41 heavy (non-hydrogen) atoms. The van der Waals surface area contributed by atoms with Crippen LogP contribution in [0.5, 0.6) is 0 Å². The van der Waals surface area contributed by atoms with E-state index in [0.29, 0.717) is 40.5 Å². The molecule has 0 amide bonds. The molecule has 216 valence electrons. The number of carbonyl (C=O) groups is 1. The van der Waals surface area contributed by atoms with Crippen LogP contribution in [0.3, 0.4) is 0 Å². The fourth-order valence-electron chi connectivity index (χ4n) is 4.68. The highest BCUT2D eigenvalue weighted by Crippen LogP contribution is 2.43. The first-order valence-electron chi connectivity index (χ1n) is 12.7. The fraction of sp³-hybridized carbons (Fsp3) is 0.286. The molecule has 1 aliphatic rings. The molecule has 8 nitrogen and oxygen atoms in total. The van der Waals surface area contributed by atoms with E-state index in [9.17, 15) is 31.5 Å². The summed E-state index contributed by atoms with van der Waals surface area (Å²) in [5.74, 6) is -0.903. The van der Waals surface area contributed by atoms with Crippen molar-refractivity contribution in [3.8, 4) is 11.3 Å². The van der Waals surface area contributed by atoms with E-state index in [0.717, 1.165) is 18.4 Å². The molecule has 13 heteroatoms. The number of aryl methyl sites for hydroxylation is 1. The Morgan fingerprint density at radius 2 is 1.98 bits per heavy atom. The smallest absolute Gasteiger partial charge is 0.409 e. The van der Waals surface area contributed by atoms with Gasteiger partial charge >= 0.3 is 12.1 Å². The highest BCUT2D eigenvalue weighted by molar-refractivity contribution is 7.92. The van der Waals surface area contributed by atoms with E-state index >= 15 is 0 Å². The van der Waals surface area contributed by atoms with Gasteiger partial charge < -0.3 is 14.1 Å². The summed E-state index contributed by atoms with van der Waals surface area (Å²) in [6.45, 7) is 2.17. The number of furan rings is 1. The summed E-state index contributed by atoms with van der Waals surface area (Å²) in [6.07, 6.45) is -1.84. The molecule has 1 saturated carbocycles. The third kappa shape index (κ3) is 6.28. The molecule has 4 aromatic rings. The summed E-state index contributed by atoms with van der Waals surface area (Å²) in [4.78, 5) is 16.8. The van der Waals surface area contributed by atoms with Gasteiger partial charge in [-0.2, -0.15) is 13.2 Å². The Labute approximate surface area is 238 Å². The summed E-state index contributed by atoms with van der Waals surface area (Å²) in [6, 6.07) is 11.5. The van der Waals surface area contributed by atoms with Crippen LogP contribution in [0.1, 0.15) is 53.3 Å². The van der Waals surface area contributed by atoms with Crippen LogP contribution >= 0.6 is 11.6 Å². The highest BCUT2D eigenvalue weighted by atomic mass is 35.5. The summed E-state index contributed by atoms with van der Waals surface area (Å²) in [7, 11) is -4.17. The van der Waals surface area contributed by atoms with Crippen LogP contribution < -0.4 is 4.72 Å². The van der Waals surface area contributed by atoms with Crippen molar-refractivity contribution >= 4 is 44.3 Å². The molecule has 2 aromatic carbocycles. The number of halogens is 4. The Bertz CT molecular complexity index is 1770. The first kappa shape index (κ1) is 28.7. The molecule has 5 rings (SSSR count). The number of anilines is 1. The van der Waals surface area contributed by atoms with Crippen molar-refractivity contribution in [1.82, 2.24) is 9.55 Å². The predicted molar refractivity (Wildman–Crippen MR) is 149 cm³/mol. The van der Waals surface area contributed by atoms with Gasteiger partial charge in [0.05, 0.1) is 22.2 Å².